The van der Waals surface area contributed by atoms with Crippen molar-refractivity contribution < 1.29 is 14.2 Å². The first-order valence-electron chi connectivity index (χ1n) is 5.93. The van der Waals surface area contributed by atoms with Gasteiger partial charge in [-0.25, -0.2) is 0 Å². The van der Waals surface area contributed by atoms with E-state index in [0.717, 1.165) is 27.3 Å². The number of benzene rings is 2. The van der Waals surface area contributed by atoms with E-state index in [9.17, 15) is 0 Å². The second-order valence-electron chi connectivity index (χ2n) is 4.04. The van der Waals surface area contributed by atoms with Gasteiger partial charge in [-0.05, 0) is 52.3 Å². The van der Waals surface area contributed by atoms with E-state index in [1.165, 1.54) is 0 Å². The van der Waals surface area contributed by atoms with Crippen LogP contribution in [-0.2, 0) is 6.61 Å². The number of rotatable bonds is 5. The predicted octanol–water partition coefficient (Wildman–Crippen LogP) is 4.70. The summed E-state index contributed by atoms with van der Waals surface area (Å²) in [6.07, 6.45) is 0. The minimum atomic E-state index is 0.370. The summed E-state index contributed by atoms with van der Waals surface area (Å²) in [7, 11) is 3.25. The Balaban J connectivity index is 2.14. The highest BCUT2D eigenvalue weighted by atomic mass is 79.9. The molecule has 0 radical (unpaired) electrons. The van der Waals surface area contributed by atoms with Gasteiger partial charge in [0.25, 0.3) is 0 Å². The fraction of sp³-hybridized carbons (Fsp3) is 0.200. The van der Waals surface area contributed by atoms with Crippen molar-refractivity contribution in [1.82, 2.24) is 0 Å². The lowest BCUT2D eigenvalue weighted by atomic mass is 10.2. The first kappa shape index (κ1) is 15.0. The van der Waals surface area contributed by atoms with E-state index in [0.29, 0.717) is 11.6 Å². The van der Waals surface area contributed by atoms with Crippen molar-refractivity contribution in [3.05, 3.63) is 51.5 Å². The van der Waals surface area contributed by atoms with Crippen LogP contribution in [0.15, 0.2) is 40.9 Å². The third-order valence-corrected chi connectivity index (χ3v) is 3.62. The van der Waals surface area contributed by atoms with E-state index in [1.807, 2.05) is 30.3 Å². The SMILES string of the molecule is COc1ccc(OCc2cc(Cl)ccc2OC)c(Br)c1. The molecule has 5 heteroatoms. The molecule has 0 unspecified atom stereocenters. The minimum Gasteiger partial charge on any atom is -0.497 e. The largest absolute Gasteiger partial charge is 0.497 e. The lowest BCUT2D eigenvalue weighted by Gasteiger charge is -2.12. The lowest BCUT2D eigenvalue weighted by molar-refractivity contribution is 0.294. The minimum absolute atomic E-state index is 0.370. The summed E-state index contributed by atoms with van der Waals surface area (Å²) in [5.74, 6) is 2.25. The van der Waals surface area contributed by atoms with Crippen LogP contribution in [0.25, 0.3) is 0 Å². The summed E-state index contributed by atoms with van der Waals surface area (Å²) >= 11 is 9.44. The monoisotopic (exact) mass is 356 g/mol. The highest BCUT2D eigenvalue weighted by molar-refractivity contribution is 9.10. The summed E-state index contributed by atoms with van der Waals surface area (Å²) in [5.41, 5.74) is 0.891. The van der Waals surface area contributed by atoms with Crippen LogP contribution in [0, 0.1) is 0 Å². The molecule has 2 aromatic rings. The average molecular weight is 358 g/mol. The standard InChI is InChI=1S/C15H14BrClO3/c1-18-12-4-6-15(13(16)8-12)20-9-10-7-11(17)3-5-14(10)19-2/h3-8H,9H2,1-2H3. The van der Waals surface area contributed by atoms with E-state index >= 15 is 0 Å². The third kappa shape index (κ3) is 3.58. The molecule has 3 nitrogen and oxygen atoms in total. The van der Waals surface area contributed by atoms with Gasteiger partial charge >= 0.3 is 0 Å². The van der Waals surface area contributed by atoms with Crippen LogP contribution in [0.2, 0.25) is 5.02 Å². The van der Waals surface area contributed by atoms with Gasteiger partial charge in [0.05, 0.1) is 18.7 Å². The molecule has 0 aliphatic heterocycles. The molecule has 0 saturated heterocycles. The zero-order valence-corrected chi connectivity index (χ0v) is 13.5. The van der Waals surface area contributed by atoms with Gasteiger partial charge in [-0.2, -0.15) is 0 Å². The molecule has 2 aromatic carbocycles. The van der Waals surface area contributed by atoms with Gasteiger partial charge in [0, 0.05) is 10.6 Å². The fourth-order valence-electron chi connectivity index (χ4n) is 1.74. The van der Waals surface area contributed by atoms with Crippen LogP contribution in [0.3, 0.4) is 0 Å². The van der Waals surface area contributed by atoms with Crippen LogP contribution in [0.1, 0.15) is 5.56 Å². The zero-order valence-electron chi connectivity index (χ0n) is 11.2. The first-order chi connectivity index (χ1) is 9.63. The molecule has 0 amide bonds. The van der Waals surface area contributed by atoms with Crippen molar-refractivity contribution >= 4 is 27.5 Å². The molecule has 0 heterocycles. The molecule has 0 saturated carbocycles. The van der Waals surface area contributed by atoms with Gasteiger partial charge in [-0.1, -0.05) is 11.6 Å². The van der Waals surface area contributed by atoms with Crippen molar-refractivity contribution in [2.24, 2.45) is 0 Å². The molecular weight excluding hydrogens is 344 g/mol. The maximum absolute atomic E-state index is 5.99. The van der Waals surface area contributed by atoms with E-state index in [-0.39, 0.29) is 0 Å². The van der Waals surface area contributed by atoms with Gasteiger partial charge in [-0.3, -0.25) is 0 Å². The molecule has 0 N–H and O–H groups in total. The van der Waals surface area contributed by atoms with Crippen LogP contribution < -0.4 is 14.2 Å². The second-order valence-corrected chi connectivity index (χ2v) is 5.33. The zero-order chi connectivity index (χ0) is 14.5. The lowest BCUT2D eigenvalue weighted by Crippen LogP contribution is -1.99. The Morgan fingerprint density at radius 1 is 1.00 bits per heavy atom. The first-order valence-corrected chi connectivity index (χ1v) is 7.10. The van der Waals surface area contributed by atoms with E-state index in [4.69, 9.17) is 25.8 Å². The summed E-state index contributed by atoms with van der Waals surface area (Å²) < 4.78 is 17.0. The highest BCUT2D eigenvalue weighted by Gasteiger charge is 2.07. The fourth-order valence-corrected chi connectivity index (χ4v) is 2.41. The number of hydrogen-bond donors (Lipinski definition) is 0. The summed E-state index contributed by atoms with van der Waals surface area (Å²) in [6.45, 7) is 0.370. The van der Waals surface area contributed by atoms with Gasteiger partial charge in [0.15, 0.2) is 0 Å². The van der Waals surface area contributed by atoms with Crippen molar-refractivity contribution in [3.63, 3.8) is 0 Å². The van der Waals surface area contributed by atoms with Gasteiger partial charge in [0.2, 0.25) is 0 Å². The van der Waals surface area contributed by atoms with Gasteiger partial charge in [-0.15, -0.1) is 0 Å². The van der Waals surface area contributed by atoms with Gasteiger partial charge < -0.3 is 14.2 Å². The number of ether oxygens (including phenoxy) is 3. The number of halogens is 2. The molecule has 0 fully saturated rings. The summed E-state index contributed by atoms with van der Waals surface area (Å²) in [6, 6.07) is 11.0. The Labute approximate surface area is 131 Å². The second kappa shape index (κ2) is 6.86. The normalized spacial score (nSPS) is 10.2. The summed E-state index contributed by atoms with van der Waals surface area (Å²) in [5, 5.41) is 0.651. The Morgan fingerprint density at radius 3 is 2.40 bits per heavy atom. The predicted molar refractivity (Wildman–Crippen MR) is 83.0 cm³/mol. The molecule has 0 aromatic heterocycles. The van der Waals surface area contributed by atoms with E-state index in [2.05, 4.69) is 15.9 Å². The Morgan fingerprint density at radius 2 is 1.75 bits per heavy atom. The molecule has 2 rings (SSSR count). The topological polar surface area (TPSA) is 27.7 Å². The number of hydrogen-bond acceptors (Lipinski definition) is 3. The molecule has 0 spiro atoms. The van der Waals surface area contributed by atoms with Crippen LogP contribution >= 0.6 is 27.5 Å². The molecule has 0 atom stereocenters. The van der Waals surface area contributed by atoms with Gasteiger partial charge in [0.1, 0.15) is 23.9 Å². The smallest absolute Gasteiger partial charge is 0.134 e. The molecule has 20 heavy (non-hydrogen) atoms. The molecule has 106 valence electrons. The maximum atomic E-state index is 5.99. The Bertz CT molecular complexity index is 602. The maximum Gasteiger partial charge on any atom is 0.134 e. The van der Waals surface area contributed by atoms with E-state index < -0.39 is 0 Å². The molecular formula is C15H14BrClO3. The average Bonchev–Trinajstić information content (AvgIpc) is 2.46. The van der Waals surface area contributed by atoms with Crippen molar-refractivity contribution in [2.45, 2.75) is 6.61 Å². The highest BCUT2D eigenvalue weighted by Crippen LogP contribution is 2.31. The van der Waals surface area contributed by atoms with Crippen LogP contribution in [-0.4, -0.2) is 14.2 Å². The van der Waals surface area contributed by atoms with Crippen LogP contribution in [0.5, 0.6) is 17.2 Å². The quantitative estimate of drug-likeness (QED) is 0.776. The molecule has 0 bridgehead atoms. The Hall–Kier alpha value is -1.39. The van der Waals surface area contributed by atoms with Crippen molar-refractivity contribution in [3.8, 4) is 17.2 Å². The molecule has 0 aliphatic rings. The number of methoxy groups -OCH3 is 2. The third-order valence-electron chi connectivity index (χ3n) is 2.76. The van der Waals surface area contributed by atoms with Crippen molar-refractivity contribution in [1.29, 1.82) is 0 Å². The van der Waals surface area contributed by atoms with E-state index in [1.54, 1.807) is 20.3 Å². The van der Waals surface area contributed by atoms with Crippen molar-refractivity contribution in [2.75, 3.05) is 14.2 Å². The molecule has 0 aliphatic carbocycles. The summed E-state index contributed by atoms with van der Waals surface area (Å²) in [4.78, 5) is 0. The van der Waals surface area contributed by atoms with Crippen LogP contribution in [0.4, 0.5) is 0 Å². The Kier molecular flexibility index (Phi) is 5.15.